The Morgan fingerprint density at radius 1 is 0.204 bits per heavy atom. The largest absolute Gasteiger partial charge is 0.485 e. The summed E-state index contributed by atoms with van der Waals surface area (Å²) in [6, 6.07) is 70.5. The number of ether oxygens (including phenoxy) is 4. The maximum absolute atomic E-state index is 6.68. The van der Waals surface area contributed by atoms with Crippen molar-refractivity contribution in [2.45, 2.75) is 252 Å². The molecule has 4 nitrogen and oxygen atoms in total. The van der Waals surface area contributed by atoms with Crippen LogP contribution in [0.3, 0.4) is 0 Å². The van der Waals surface area contributed by atoms with Crippen molar-refractivity contribution in [1.29, 1.82) is 0 Å². The number of benzene rings is 10. The quantitative estimate of drug-likeness (QED) is 0.122. The first kappa shape index (κ1) is 71.4. The van der Waals surface area contributed by atoms with Gasteiger partial charge < -0.3 is 18.9 Å². The third kappa shape index (κ3) is 12.7. The van der Waals surface area contributed by atoms with Crippen LogP contribution in [0.2, 0.25) is 0 Å². The van der Waals surface area contributed by atoms with Gasteiger partial charge in [0.1, 0.15) is 26.4 Å². The van der Waals surface area contributed by atoms with Crippen LogP contribution in [0.1, 0.15) is 255 Å². The predicted octanol–water partition coefficient (Wildman–Crippen LogP) is 24.8. The third-order valence-electron chi connectivity index (χ3n) is 25.6. The van der Waals surface area contributed by atoms with Crippen molar-refractivity contribution in [2.24, 2.45) is 0 Å². The molecule has 0 fully saturated rings. The van der Waals surface area contributed by atoms with Gasteiger partial charge >= 0.3 is 0 Å². The standard InChI is InChI=1S/C49H48O4.2C25H32/c1-47(2)33-49(41-27-45(52-31-37-21-13-7-14-22-37)43(25-39(41)47)50-29-35-17-9-5-10-18-35)34-48(3,4)40-26-44(51-30-36-19-11-6-12-20-36)46(28-42(40)49)53-32-38-23-15-8-16-24-38;2*1-15-9-19-21(11-17(15)3)25(13-23(19,5)6)14-24(7,8)20-10-16(2)18(4)12-22(20)25/h5-28H,29-34H2,1-4H3;2*9-12H,13-14H2,1-8H3. The van der Waals surface area contributed by atoms with Crippen LogP contribution in [-0.2, 0) is 75.2 Å². The maximum Gasteiger partial charge on any atom is 0.162 e. The summed E-state index contributed by atoms with van der Waals surface area (Å²) in [5.74, 6) is 3.11. The van der Waals surface area contributed by atoms with Gasteiger partial charge in [-0.1, -0.05) is 253 Å². The lowest BCUT2D eigenvalue weighted by Gasteiger charge is -2.31. The Bertz CT molecular complexity index is 4420. The first-order valence-electron chi connectivity index (χ1n) is 38.2. The van der Waals surface area contributed by atoms with Crippen LogP contribution in [-0.4, -0.2) is 0 Å². The fraction of sp³-hybridized carbons (Fsp3) is 0.394. The third-order valence-corrected chi connectivity index (χ3v) is 25.6. The van der Waals surface area contributed by atoms with Gasteiger partial charge in [0.15, 0.2) is 23.0 Å². The molecule has 4 heteroatoms. The molecule has 0 atom stereocenters. The van der Waals surface area contributed by atoms with Gasteiger partial charge in [0.05, 0.1) is 0 Å². The van der Waals surface area contributed by atoms with E-state index < -0.39 is 0 Å². The maximum atomic E-state index is 6.68. The summed E-state index contributed by atoms with van der Waals surface area (Å²) in [4.78, 5) is 0. The van der Waals surface area contributed by atoms with Crippen molar-refractivity contribution in [3.05, 3.63) is 328 Å². The Balaban J connectivity index is 0.000000148. The predicted molar refractivity (Wildman–Crippen MR) is 428 cm³/mol. The van der Waals surface area contributed by atoms with Gasteiger partial charge in [-0.2, -0.15) is 0 Å². The molecular weight excluding hydrogens is 1250 g/mol. The average Bonchev–Trinajstić information content (AvgIpc) is 1.54. The zero-order chi connectivity index (χ0) is 73.2. The molecule has 10 aromatic carbocycles. The van der Waals surface area contributed by atoms with E-state index in [1.54, 1.807) is 44.5 Å². The molecule has 0 aromatic heterocycles. The fourth-order valence-electron chi connectivity index (χ4n) is 20.4. The molecule has 0 heterocycles. The summed E-state index contributed by atoms with van der Waals surface area (Å²) in [6.07, 6.45) is 6.87. The summed E-state index contributed by atoms with van der Waals surface area (Å²) in [5.41, 5.74) is 34.8. The SMILES string of the molecule is CC1(C)CC2(CC(C)(C)c3cc(OCc4ccccc4)c(OCc4ccccc4)cc32)c2cc(OCc3ccccc3)c(OCc3ccccc3)cc21.Cc1cc2c(cc1C)C1(CC2(C)C)CC(C)(C)c2cc(C)c(C)cc21.Cc1cc2c(cc1C)C1(CC2(C)C)CC(C)(C)c2cc(C)c(C)cc21. The van der Waals surface area contributed by atoms with Crippen LogP contribution < -0.4 is 18.9 Å². The van der Waals surface area contributed by atoms with E-state index in [2.05, 4.69) is 308 Å². The van der Waals surface area contributed by atoms with Gasteiger partial charge in [0.2, 0.25) is 0 Å². The van der Waals surface area contributed by atoms with Crippen LogP contribution in [0, 0.1) is 55.4 Å². The lowest BCUT2D eigenvalue weighted by atomic mass is 9.72. The van der Waals surface area contributed by atoms with Crippen molar-refractivity contribution in [3.8, 4) is 23.0 Å². The summed E-state index contributed by atoms with van der Waals surface area (Å²) in [5, 5.41) is 0. The molecular formula is C99H112O4. The minimum absolute atomic E-state index is 0.108. The Kier molecular flexibility index (Phi) is 18.0. The van der Waals surface area contributed by atoms with Crippen molar-refractivity contribution >= 4 is 0 Å². The minimum atomic E-state index is -0.247. The number of hydrogen-bond acceptors (Lipinski definition) is 4. The molecule has 103 heavy (non-hydrogen) atoms. The summed E-state index contributed by atoms with van der Waals surface area (Å²) in [7, 11) is 0. The molecule has 0 amide bonds. The topological polar surface area (TPSA) is 36.9 Å². The van der Waals surface area contributed by atoms with Crippen LogP contribution >= 0.6 is 0 Å². The van der Waals surface area contributed by atoms with E-state index in [1.165, 1.54) is 92.4 Å². The molecule has 0 radical (unpaired) electrons. The van der Waals surface area contributed by atoms with E-state index in [-0.39, 0.29) is 48.7 Å². The highest BCUT2D eigenvalue weighted by atomic mass is 16.5. The second kappa shape index (κ2) is 25.9. The van der Waals surface area contributed by atoms with Gasteiger partial charge in [-0.05, 0) is 284 Å². The fourth-order valence-corrected chi connectivity index (χ4v) is 20.4. The zero-order valence-electron chi connectivity index (χ0n) is 65.7. The van der Waals surface area contributed by atoms with Crippen LogP contribution in [0.15, 0.2) is 194 Å². The van der Waals surface area contributed by atoms with Crippen LogP contribution in [0.4, 0.5) is 0 Å². The minimum Gasteiger partial charge on any atom is -0.485 e. The van der Waals surface area contributed by atoms with E-state index in [9.17, 15) is 0 Å². The molecule has 0 bridgehead atoms. The van der Waals surface area contributed by atoms with Gasteiger partial charge in [-0.3, -0.25) is 0 Å². The van der Waals surface area contributed by atoms with E-state index >= 15 is 0 Å². The second-order valence-electron chi connectivity index (χ2n) is 36.3. The first-order chi connectivity index (χ1) is 48.7. The monoisotopic (exact) mass is 1360 g/mol. The van der Waals surface area contributed by atoms with E-state index in [1.807, 2.05) is 24.3 Å². The van der Waals surface area contributed by atoms with Crippen LogP contribution in [0.25, 0.3) is 0 Å². The second-order valence-corrected chi connectivity index (χ2v) is 36.3. The van der Waals surface area contributed by atoms with Crippen LogP contribution in [0.5, 0.6) is 23.0 Å². The lowest BCUT2D eigenvalue weighted by molar-refractivity contribution is 0.255. The van der Waals surface area contributed by atoms with E-state index in [4.69, 9.17) is 18.9 Å². The van der Waals surface area contributed by atoms with Crippen molar-refractivity contribution in [2.75, 3.05) is 0 Å². The Morgan fingerprint density at radius 3 is 0.534 bits per heavy atom. The molecule has 6 aliphatic carbocycles. The molecule has 3 spiro atoms. The molecule has 0 saturated carbocycles. The molecule has 16 rings (SSSR count). The highest BCUT2D eigenvalue weighted by molar-refractivity contribution is 5.68. The molecule has 10 aromatic rings. The molecule has 0 unspecified atom stereocenters. The number of aryl methyl sites for hydroxylation is 8. The number of fused-ring (bicyclic) bond motifs is 12. The molecule has 0 N–H and O–H groups in total. The number of hydrogen-bond donors (Lipinski definition) is 0. The van der Waals surface area contributed by atoms with Crippen molar-refractivity contribution < 1.29 is 18.9 Å². The average molecular weight is 1370 g/mol. The summed E-state index contributed by atoms with van der Waals surface area (Å²) < 4.78 is 26.6. The Morgan fingerprint density at radius 2 is 0.350 bits per heavy atom. The molecule has 6 aliphatic rings. The highest BCUT2D eigenvalue weighted by Gasteiger charge is 2.60. The highest BCUT2D eigenvalue weighted by Crippen LogP contribution is 2.67. The Labute approximate surface area is 618 Å². The van der Waals surface area contributed by atoms with Gasteiger partial charge in [-0.25, -0.2) is 0 Å². The Hall–Kier alpha value is -8.60. The number of rotatable bonds is 12. The van der Waals surface area contributed by atoms with E-state index in [0.717, 1.165) is 58.1 Å². The van der Waals surface area contributed by atoms with Gasteiger partial charge in [0.25, 0.3) is 0 Å². The lowest BCUT2D eigenvalue weighted by Crippen LogP contribution is -2.27. The summed E-state index contributed by atoms with van der Waals surface area (Å²) >= 11 is 0. The molecule has 0 saturated heterocycles. The van der Waals surface area contributed by atoms with Crippen molar-refractivity contribution in [3.63, 3.8) is 0 Å². The van der Waals surface area contributed by atoms with Crippen molar-refractivity contribution in [1.82, 2.24) is 0 Å². The summed E-state index contributed by atoms with van der Waals surface area (Å²) in [6.45, 7) is 49.1. The smallest absolute Gasteiger partial charge is 0.162 e. The molecule has 532 valence electrons. The van der Waals surface area contributed by atoms with Gasteiger partial charge in [0, 0.05) is 16.2 Å². The zero-order valence-corrected chi connectivity index (χ0v) is 65.7. The normalized spacial score (nSPS) is 18.5. The first-order valence-corrected chi connectivity index (χ1v) is 38.2. The van der Waals surface area contributed by atoms with E-state index in [0.29, 0.717) is 26.4 Å². The molecule has 0 aliphatic heterocycles. The van der Waals surface area contributed by atoms with Gasteiger partial charge in [-0.15, -0.1) is 0 Å².